The molecule has 26 heavy (non-hydrogen) atoms. The van der Waals surface area contributed by atoms with E-state index in [-0.39, 0.29) is 11.5 Å². The number of benzene rings is 2. The van der Waals surface area contributed by atoms with Gasteiger partial charge in [-0.05, 0) is 42.5 Å². The molecule has 1 N–H and O–H groups in total. The predicted octanol–water partition coefficient (Wildman–Crippen LogP) is 3.14. The number of halogens is 1. The highest BCUT2D eigenvalue weighted by Gasteiger charge is 2.22. The number of aromatic nitrogens is 1. The lowest BCUT2D eigenvalue weighted by Gasteiger charge is -2.36. The molecule has 1 aromatic heterocycles. The SMILES string of the molecule is O=C(c1cccc(Cl)c1)N1CCN(c2ccc3[nH]c(=O)ccc3c2)CC1. The van der Waals surface area contributed by atoms with Crippen molar-refractivity contribution >= 4 is 34.1 Å². The Labute approximate surface area is 155 Å². The number of fused-ring (bicyclic) bond motifs is 1. The summed E-state index contributed by atoms with van der Waals surface area (Å²) in [7, 11) is 0. The molecule has 3 aromatic rings. The maximum atomic E-state index is 12.6. The summed E-state index contributed by atoms with van der Waals surface area (Å²) in [5.74, 6) is 0.0169. The Balaban J connectivity index is 1.47. The molecule has 6 heteroatoms. The van der Waals surface area contributed by atoms with E-state index in [4.69, 9.17) is 11.6 Å². The Kier molecular flexibility index (Phi) is 4.39. The van der Waals surface area contributed by atoms with Crippen molar-refractivity contribution in [2.24, 2.45) is 0 Å². The monoisotopic (exact) mass is 367 g/mol. The highest BCUT2D eigenvalue weighted by atomic mass is 35.5. The first-order chi connectivity index (χ1) is 12.6. The summed E-state index contributed by atoms with van der Waals surface area (Å²) in [6.45, 7) is 2.85. The Bertz CT molecular complexity index is 1020. The standard InChI is InChI=1S/C20H18ClN3O2/c21-16-3-1-2-15(12-16)20(26)24-10-8-23(9-11-24)17-5-6-18-14(13-17)4-7-19(25)22-18/h1-7,12-13H,8-11H2,(H,22,25). The van der Waals surface area contributed by atoms with Gasteiger partial charge in [-0.2, -0.15) is 0 Å². The minimum absolute atomic E-state index is 0.0169. The Morgan fingerprint density at radius 2 is 1.77 bits per heavy atom. The highest BCUT2D eigenvalue weighted by molar-refractivity contribution is 6.30. The van der Waals surface area contributed by atoms with E-state index < -0.39 is 0 Å². The second-order valence-corrected chi connectivity index (χ2v) is 6.82. The average molecular weight is 368 g/mol. The molecule has 2 aromatic carbocycles. The van der Waals surface area contributed by atoms with Crippen LogP contribution in [-0.2, 0) is 0 Å². The molecular weight excluding hydrogens is 350 g/mol. The van der Waals surface area contributed by atoms with E-state index in [2.05, 4.69) is 16.0 Å². The quantitative estimate of drug-likeness (QED) is 0.757. The summed E-state index contributed by atoms with van der Waals surface area (Å²) in [6.07, 6.45) is 0. The fourth-order valence-electron chi connectivity index (χ4n) is 3.31. The minimum atomic E-state index is -0.0987. The summed E-state index contributed by atoms with van der Waals surface area (Å²) >= 11 is 5.99. The van der Waals surface area contributed by atoms with E-state index in [1.54, 1.807) is 24.3 Å². The number of hydrogen-bond donors (Lipinski definition) is 1. The number of carbonyl (C=O) groups is 1. The van der Waals surface area contributed by atoms with Crippen LogP contribution in [0.15, 0.2) is 59.4 Å². The van der Waals surface area contributed by atoms with Crippen LogP contribution in [0, 0.1) is 0 Å². The maximum absolute atomic E-state index is 12.6. The van der Waals surface area contributed by atoms with E-state index in [1.165, 1.54) is 6.07 Å². The fourth-order valence-corrected chi connectivity index (χ4v) is 3.50. The molecule has 0 atom stereocenters. The number of piperazine rings is 1. The third-order valence-corrected chi connectivity index (χ3v) is 4.95. The second kappa shape index (κ2) is 6.84. The number of hydrogen-bond acceptors (Lipinski definition) is 3. The van der Waals surface area contributed by atoms with E-state index in [9.17, 15) is 9.59 Å². The second-order valence-electron chi connectivity index (χ2n) is 6.38. The van der Waals surface area contributed by atoms with Crippen molar-refractivity contribution in [1.29, 1.82) is 0 Å². The van der Waals surface area contributed by atoms with Gasteiger partial charge in [0.2, 0.25) is 5.56 Å². The van der Waals surface area contributed by atoms with Crippen molar-refractivity contribution < 1.29 is 4.79 Å². The van der Waals surface area contributed by atoms with Crippen LogP contribution >= 0.6 is 11.6 Å². The average Bonchev–Trinajstić information content (AvgIpc) is 2.67. The lowest BCUT2D eigenvalue weighted by Crippen LogP contribution is -2.48. The Morgan fingerprint density at radius 3 is 2.54 bits per heavy atom. The molecule has 4 rings (SSSR count). The number of anilines is 1. The first kappa shape index (κ1) is 16.7. The van der Waals surface area contributed by atoms with Crippen LogP contribution in [0.2, 0.25) is 5.02 Å². The van der Waals surface area contributed by atoms with Crippen molar-refractivity contribution in [1.82, 2.24) is 9.88 Å². The predicted molar refractivity (Wildman–Crippen MR) is 104 cm³/mol. The summed E-state index contributed by atoms with van der Waals surface area (Å²) in [6, 6.07) is 16.4. The van der Waals surface area contributed by atoms with Gasteiger partial charge >= 0.3 is 0 Å². The van der Waals surface area contributed by atoms with E-state index in [0.29, 0.717) is 23.7 Å². The van der Waals surface area contributed by atoms with Gasteiger partial charge in [-0.25, -0.2) is 0 Å². The smallest absolute Gasteiger partial charge is 0.254 e. The lowest BCUT2D eigenvalue weighted by atomic mass is 10.1. The van der Waals surface area contributed by atoms with Crippen molar-refractivity contribution in [3.63, 3.8) is 0 Å². The molecule has 0 bridgehead atoms. The zero-order valence-corrected chi connectivity index (χ0v) is 14.9. The van der Waals surface area contributed by atoms with Crippen LogP contribution in [0.25, 0.3) is 10.9 Å². The van der Waals surface area contributed by atoms with Gasteiger partial charge in [0.15, 0.2) is 0 Å². The van der Waals surface area contributed by atoms with E-state index in [0.717, 1.165) is 29.7 Å². The molecule has 1 amide bonds. The van der Waals surface area contributed by atoms with Crippen LogP contribution < -0.4 is 10.5 Å². The molecule has 0 unspecified atom stereocenters. The number of nitrogens with zero attached hydrogens (tertiary/aromatic N) is 2. The first-order valence-electron chi connectivity index (χ1n) is 8.53. The summed E-state index contributed by atoms with van der Waals surface area (Å²) < 4.78 is 0. The van der Waals surface area contributed by atoms with Gasteiger partial charge in [0.25, 0.3) is 5.91 Å². The zero-order chi connectivity index (χ0) is 18.1. The van der Waals surface area contributed by atoms with Crippen molar-refractivity contribution in [2.45, 2.75) is 0 Å². The molecule has 1 saturated heterocycles. The van der Waals surface area contributed by atoms with Gasteiger partial charge in [-0.3, -0.25) is 9.59 Å². The third kappa shape index (κ3) is 3.30. The lowest BCUT2D eigenvalue weighted by molar-refractivity contribution is 0.0747. The van der Waals surface area contributed by atoms with Gasteiger partial charge < -0.3 is 14.8 Å². The zero-order valence-electron chi connectivity index (χ0n) is 14.1. The molecule has 0 spiro atoms. The fraction of sp³-hybridized carbons (Fsp3) is 0.200. The Hall–Kier alpha value is -2.79. The molecule has 132 valence electrons. The number of aromatic amines is 1. The summed E-state index contributed by atoms with van der Waals surface area (Å²) in [5.41, 5.74) is 2.45. The van der Waals surface area contributed by atoms with Gasteiger partial charge in [-0.1, -0.05) is 17.7 Å². The van der Waals surface area contributed by atoms with E-state index in [1.807, 2.05) is 23.1 Å². The topological polar surface area (TPSA) is 56.4 Å². The molecular formula is C20H18ClN3O2. The van der Waals surface area contributed by atoms with Crippen molar-refractivity contribution in [3.05, 3.63) is 75.5 Å². The molecule has 0 saturated carbocycles. The summed E-state index contributed by atoms with van der Waals surface area (Å²) in [5, 5.41) is 1.57. The molecule has 0 aliphatic carbocycles. The van der Waals surface area contributed by atoms with Crippen LogP contribution in [0.4, 0.5) is 5.69 Å². The number of rotatable bonds is 2. The number of pyridine rings is 1. The Morgan fingerprint density at radius 1 is 0.962 bits per heavy atom. The van der Waals surface area contributed by atoms with E-state index >= 15 is 0 Å². The molecule has 1 fully saturated rings. The highest BCUT2D eigenvalue weighted by Crippen LogP contribution is 2.22. The van der Waals surface area contributed by atoms with Crippen molar-refractivity contribution in [3.8, 4) is 0 Å². The van der Waals surface area contributed by atoms with Crippen LogP contribution in [0.3, 0.4) is 0 Å². The van der Waals surface area contributed by atoms with Crippen LogP contribution in [0.1, 0.15) is 10.4 Å². The van der Waals surface area contributed by atoms with Gasteiger partial charge in [-0.15, -0.1) is 0 Å². The van der Waals surface area contributed by atoms with Gasteiger partial charge in [0.05, 0.1) is 0 Å². The summed E-state index contributed by atoms with van der Waals surface area (Å²) in [4.78, 5) is 31.0. The number of H-pyrrole nitrogens is 1. The van der Waals surface area contributed by atoms with Crippen LogP contribution in [-0.4, -0.2) is 42.0 Å². The van der Waals surface area contributed by atoms with Gasteiger partial charge in [0, 0.05) is 59.4 Å². The normalized spacial score (nSPS) is 14.7. The molecule has 2 heterocycles. The minimum Gasteiger partial charge on any atom is -0.368 e. The molecule has 0 radical (unpaired) electrons. The third-order valence-electron chi connectivity index (χ3n) is 4.71. The largest absolute Gasteiger partial charge is 0.368 e. The van der Waals surface area contributed by atoms with Crippen molar-refractivity contribution in [2.75, 3.05) is 31.1 Å². The molecule has 1 aliphatic heterocycles. The number of nitrogens with one attached hydrogen (secondary N) is 1. The first-order valence-corrected chi connectivity index (χ1v) is 8.91. The number of amides is 1. The maximum Gasteiger partial charge on any atom is 0.254 e. The molecule has 5 nitrogen and oxygen atoms in total. The molecule has 1 aliphatic rings. The van der Waals surface area contributed by atoms with Crippen LogP contribution in [0.5, 0.6) is 0 Å². The number of carbonyl (C=O) groups excluding carboxylic acids is 1. The van der Waals surface area contributed by atoms with Gasteiger partial charge in [0.1, 0.15) is 0 Å².